The molecule has 0 aromatic heterocycles. The van der Waals surface area contributed by atoms with Gasteiger partial charge >= 0.3 is 12.1 Å². The fourth-order valence-corrected chi connectivity index (χ4v) is 1.42. The molecule has 116 valence electrons. The third kappa shape index (κ3) is 4.84. The molecule has 0 radical (unpaired) electrons. The summed E-state index contributed by atoms with van der Waals surface area (Å²) in [6.45, 7) is 1.72. The lowest BCUT2D eigenvalue weighted by Gasteiger charge is -2.08. The summed E-state index contributed by atoms with van der Waals surface area (Å²) in [6.07, 6.45) is -3.52. The fourth-order valence-electron chi connectivity index (χ4n) is 1.42. The van der Waals surface area contributed by atoms with Gasteiger partial charge in [0.2, 0.25) is 5.83 Å². The van der Waals surface area contributed by atoms with E-state index in [-0.39, 0.29) is 6.61 Å². The molecule has 0 N–H and O–H groups in total. The van der Waals surface area contributed by atoms with Crippen LogP contribution in [0.4, 0.5) is 22.0 Å². The van der Waals surface area contributed by atoms with E-state index in [1.807, 2.05) is 6.92 Å². The lowest BCUT2D eigenvalue weighted by molar-refractivity contribution is -0.140. The summed E-state index contributed by atoms with van der Waals surface area (Å²) in [6, 6.07) is 3.00. The Labute approximate surface area is 118 Å². The Bertz CT molecular complexity index is 534. The van der Waals surface area contributed by atoms with Crippen LogP contribution in [0.2, 0.25) is 0 Å². The first kappa shape index (κ1) is 17.1. The van der Waals surface area contributed by atoms with Crippen LogP contribution in [0, 0.1) is 0 Å². The number of carbonyl (C=O) groups is 1. The Kier molecular flexibility index (Phi) is 5.87. The van der Waals surface area contributed by atoms with Crippen molar-refractivity contribution in [1.29, 1.82) is 0 Å². The third-order valence-electron chi connectivity index (χ3n) is 2.55. The zero-order chi connectivity index (χ0) is 16.0. The number of carbonyl (C=O) groups excluding carboxylic acids is 1. The molecular formula is C14H13F5O2. The van der Waals surface area contributed by atoms with Gasteiger partial charge in [-0.05, 0) is 18.6 Å². The average molecular weight is 308 g/mol. The summed E-state index contributed by atoms with van der Waals surface area (Å²) in [5.41, 5.74) is -1.81. The van der Waals surface area contributed by atoms with Crippen molar-refractivity contribution in [2.24, 2.45) is 0 Å². The quantitative estimate of drug-likeness (QED) is 0.342. The molecule has 0 heterocycles. The molecule has 2 nitrogen and oxygen atoms in total. The minimum absolute atomic E-state index is 0.0847. The molecule has 0 saturated carbocycles. The van der Waals surface area contributed by atoms with Gasteiger partial charge in [-0.25, -0.2) is 9.18 Å². The van der Waals surface area contributed by atoms with E-state index < -0.39 is 34.9 Å². The largest absolute Gasteiger partial charge is 0.460 e. The molecule has 21 heavy (non-hydrogen) atoms. The molecule has 1 rings (SSSR count). The van der Waals surface area contributed by atoms with Crippen molar-refractivity contribution >= 4 is 11.8 Å². The number of unbranched alkanes of at least 4 members (excludes halogenated alkanes) is 1. The first-order valence-corrected chi connectivity index (χ1v) is 6.17. The summed E-state index contributed by atoms with van der Waals surface area (Å²) < 4.78 is 69.0. The minimum atomic E-state index is -4.69. The predicted molar refractivity (Wildman–Crippen MR) is 66.4 cm³/mol. The maximum Gasteiger partial charge on any atom is 0.416 e. The Morgan fingerprint density at radius 2 is 1.90 bits per heavy atom. The van der Waals surface area contributed by atoms with E-state index in [4.69, 9.17) is 0 Å². The highest BCUT2D eigenvalue weighted by atomic mass is 19.4. The molecule has 0 aliphatic heterocycles. The van der Waals surface area contributed by atoms with Gasteiger partial charge in [-0.3, -0.25) is 0 Å². The maximum atomic E-state index is 13.7. The molecule has 0 saturated heterocycles. The molecule has 7 heteroatoms. The van der Waals surface area contributed by atoms with E-state index in [0.29, 0.717) is 25.0 Å². The SMILES string of the molecule is CCCCOC(=O)/C(F)=C(\F)c1cccc(C(F)(F)F)c1. The van der Waals surface area contributed by atoms with Crippen molar-refractivity contribution in [3.63, 3.8) is 0 Å². The number of hydrogen-bond acceptors (Lipinski definition) is 2. The molecule has 0 amide bonds. The summed E-state index contributed by atoms with van der Waals surface area (Å²) in [5, 5.41) is 0. The summed E-state index contributed by atoms with van der Waals surface area (Å²) in [4.78, 5) is 11.2. The van der Waals surface area contributed by atoms with Crippen LogP contribution >= 0.6 is 0 Å². The molecule has 0 aliphatic rings. The standard InChI is InChI=1S/C14H13F5O2/c1-2-3-7-21-13(20)12(16)11(15)9-5-4-6-10(8-9)14(17,18)19/h4-6,8H,2-3,7H2,1H3/b12-11+. The van der Waals surface area contributed by atoms with Gasteiger partial charge in [0.1, 0.15) is 0 Å². The monoisotopic (exact) mass is 308 g/mol. The number of rotatable bonds is 5. The van der Waals surface area contributed by atoms with Crippen molar-refractivity contribution in [2.45, 2.75) is 25.9 Å². The average Bonchev–Trinajstić information content (AvgIpc) is 2.45. The van der Waals surface area contributed by atoms with Crippen LogP contribution in [-0.4, -0.2) is 12.6 Å². The minimum Gasteiger partial charge on any atom is -0.460 e. The second-order valence-corrected chi connectivity index (χ2v) is 4.20. The lowest BCUT2D eigenvalue weighted by atomic mass is 10.1. The van der Waals surface area contributed by atoms with Crippen LogP contribution in [0.1, 0.15) is 30.9 Å². The smallest absolute Gasteiger partial charge is 0.416 e. The Hall–Kier alpha value is -1.92. The Balaban J connectivity index is 2.98. The number of benzene rings is 1. The van der Waals surface area contributed by atoms with Crippen LogP contribution in [0.3, 0.4) is 0 Å². The Morgan fingerprint density at radius 1 is 1.24 bits per heavy atom. The van der Waals surface area contributed by atoms with Crippen molar-refractivity contribution in [3.8, 4) is 0 Å². The maximum absolute atomic E-state index is 13.7. The molecule has 0 fully saturated rings. The second-order valence-electron chi connectivity index (χ2n) is 4.20. The number of esters is 1. The number of hydrogen-bond donors (Lipinski definition) is 0. The molecular weight excluding hydrogens is 295 g/mol. The van der Waals surface area contributed by atoms with E-state index in [1.54, 1.807) is 0 Å². The summed E-state index contributed by atoms with van der Waals surface area (Å²) in [7, 11) is 0. The van der Waals surface area contributed by atoms with Gasteiger partial charge in [0.15, 0.2) is 5.83 Å². The lowest BCUT2D eigenvalue weighted by Crippen LogP contribution is -2.08. The summed E-state index contributed by atoms with van der Waals surface area (Å²) >= 11 is 0. The highest BCUT2D eigenvalue weighted by Gasteiger charge is 2.31. The number of halogens is 5. The van der Waals surface area contributed by atoms with Crippen LogP contribution < -0.4 is 0 Å². The molecule has 0 atom stereocenters. The number of alkyl halides is 3. The van der Waals surface area contributed by atoms with Crippen molar-refractivity contribution in [2.75, 3.05) is 6.61 Å². The zero-order valence-corrected chi connectivity index (χ0v) is 11.1. The first-order valence-electron chi connectivity index (χ1n) is 6.17. The van der Waals surface area contributed by atoms with Gasteiger partial charge in [0.25, 0.3) is 0 Å². The highest BCUT2D eigenvalue weighted by Crippen LogP contribution is 2.32. The molecule has 0 aliphatic carbocycles. The van der Waals surface area contributed by atoms with Gasteiger partial charge in [-0.2, -0.15) is 17.6 Å². The molecule has 0 unspecified atom stereocenters. The molecule has 1 aromatic carbocycles. The van der Waals surface area contributed by atoms with Crippen molar-refractivity contribution in [1.82, 2.24) is 0 Å². The predicted octanol–water partition coefficient (Wildman–Crippen LogP) is 4.66. The zero-order valence-electron chi connectivity index (χ0n) is 11.1. The second kappa shape index (κ2) is 7.19. The van der Waals surface area contributed by atoms with Crippen LogP contribution in [-0.2, 0) is 15.7 Å². The van der Waals surface area contributed by atoms with Crippen molar-refractivity contribution in [3.05, 3.63) is 41.2 Å². The van der Waals surface area contributed by atoms with Crippen LogP contribution in [0.25, 0.3) is 5.83 Å². The van der Waals surface area contributed by atoms with Gasteiger partial charge < -0.3 is 4.74 Å². The summed E-state index contributed by atoms with van der Waals surface area (Å²) in [5.74, 6) is -5.05. The van der Waals surface area contributed by atoms with E-state index in [2.05, 4.69) is 4.74 Å². The third-order valence-corrected chi connectivity index (χ3v) is 2.55. The van der Waals surface area contributed by atoms with Crippen LogP contribution in [0.5, 0.6) is 0 Å². The van der Waals surface area contributed by atoms with E-state index in [9.17, 15) is 26.7 Å². The first-order chi connectivity index (χ1) is 9.77. The highest BCUT2D eigenvalue weighted by molar-refractivity contribution is 5.93. The van der Waals surface area contributed by atoms with Gasteiger partial charge in [0, 0.05) is 5.56 Å². The fraction of sp³-hybridized carbons (Fsp3) is 0.357. The van der Waals surface area contributed by atoms with E-state index >= 15 is 0 Å². The van der Waals surface area contributed by atoms with Gasteiger partial charge in [0.05, 0.1) is 12.2 Å². The van der Waals surface area contributed by atoms with Gasteiger partial charge in [-0.15, -0.1) is 0 Å². The molecule has 0 spiro atoms. The van der Waals surface area contributed by atoms with E-state index in [1.165, 1.54) is 0 Å². The topological polar surface area (TPSA) is 26.3 Å². The number of ether oxygens (including phenoxy) is 1. The van der Waals surface area contributed by atoms with Gasteiger partial charge in [-0.1, -0.05) is 25.5 Å². The molecule has 0 bridgehead atoms. The van der Waals surface area contributed by atoms with Crippen LogP contribution in [0.15, 0.2) is 30.1 Å². The Morgan fingerprint density at radius 3 is 2.48 bits per heavy atom. The normalized spacial score (nSPS) is 12.9. The molecule has 1 aromatic rings. The van der Waals surface area contributed by atoms with Crippen molar-refractivity contribution < 1.29 is 31.5 Å². The van der Waals surface area contributed by atoms with E-state index in [0.717, 1.165) is 12.1 Å².